The highest BCUT2D eigenvalue weighted by molar-refractivity contribution is 6.32. The molecule has 0 spiro atoms. The summed E-state index contributed by atoms with van der Waals surface area (Å²) < 4.78 is 11.2. The Morgan fingerprint density at radius 1 is 1.40 bits per heavy atom. The molecule has 0 radical (unpaired) electrons. The lowest BCUT2D eigenvalue weighted by Crippen LogP contribution is -2.21. The van der Waals surface area contributed by atoms with Crippen molar-refractivity contribution in [2.45, 2.75) is 26.9 Å². The summed E-state index contributed by atoms with van der Waals surface area (Å²) in [7, 11) is 0. The number of nitrogens with zero attached hydrogens (tertiary/aromatic N) is 2. The maximum absolute atomic E-state index is 6.20. The zero-order chi connectivity index (χ0) is 15.1. The largest absolute Gasteiger partial charge is 0.490 e. The summed E-state index contributed by atoms with van der Waals surface area (Å²) >= 11 is 6.20. The van der Waals surface area contributed by atoms with Crippen LogP contribution >= 0.6 is 11.6 Å². The van der Waals surface area contributed by atoms with E-state index in [9.17, 15) is 0 Å². The van der Waals surface area contributed by atoms with Gasteiger partial charge in [-0.25, -0.2) is 0 Å². The van der Waals surface area contributed by atoms with E-state index in [-0.39, 0.29) is 12.1 Å². The predicted octanol–water partition coefficient (Wildman–Crippen LogP) is 2.13. The Hall–Kier alpha value is -1.95. The fourth-order valence-electron chi connectivity index (χ4n) is 1.44. The van der Waals surface area contributed by atoms with Crippen LogP contribution in [0.2, 0.25) is 5.02 Å². The van der Waals surface area contributed by atoms with Gasteiger partial charge in [0.2, 0.25) is 5.96 Å². The van der Waals surface area contributed by atoms with Crippen LogP contribution in [0.15, 0.2) is 22.3 Å². The lowest BCUT2D eigenvalue weighted by atomic mass is 10.2. The highest BCUT2D eigenvalue weighted by Crippen LogP contribution is 2.37. The predicted molar refractivity (Wildman–Crippen MR) is 81.8 cm³/mol. The van der Waals surface area contributed by atoms with E-state index in [1.165, 1.54) is 6.21 Å². The van der Waals surface area contributed by atoms with Gasteiger partial charge in [0.15, 0.2) is 11.5 Å². The van der Waals surface area contributed by atoms with Gasteiger partial charge >= 0.3 is 0 Å². The molecule has 0 aromatic heterocycles. The van der Waals surface area contributed by atoms with Crippen molar-refractivity contribution in [2.75, 3.05) is 6.61 Å². The standard InChI is InChI=1S/C13H19ClN4O2/c1-4-19-11-6-9(7-17-18-13(15)16)5-10(14)12(11)20-8(2)3/h5-8H,4H2,1-3H3,(H4,15,16,18)/b17-7-. The Labute approximate surface area is 123 Å². The molecule has 6 nitrogen and oxygen atoms in total. The summed E-state index contributed by atoms with van der Waals surface area (Å²) in [6, 6.07) is 3.46. The molecule has 0 atom stereocenters. The van der Waals surface area contributed by atoms with E-state index < -0.39 is 0 Å². The summed E-state index contributed by atoms with van der Waals surface area (Å²) in [6.07, 6.45) is 1.47. The first-order valence-corrected chi connectivity index (χ1v) is 6.56. The van der Waals surface area contributed by atoms with Gasteiger partial charge in [-0.15, -0.1) is 5.10 Å². The zero-order valence-electron chi connectivity index (χ0n) is 11.8. The molecule has 0 saturated carbocycles. The van der Waals surface area contributed by atoms with Crippen LogP contribution in [0.3, 0.4) is 0 Å². The third kappa shape index (κ3) is 4.97. The highest BCUT2D eigenvalue weighted by Gasteiger charge is 2.13. The smallest absolute Gasteiger partial charge is 0.211 e. The fourth-order valence-corrected chi connectivity index (χ4v) is 1.70. The summed E-state index contributed by atoms with van der Waals surface area (Å²) in [5, 5.41) is 7.70. The molecule has 0 aliphatic carbocycles. The van der Waals surface area contributed by atoms with E-state index in [0.29, 0.717) is 28.7 Å². The van der Waals surface area contributed by atoms with Gasteiger partial charge in [0.1, 0.15) is 0 Å². The van der Waals surface area contributed by atoms with Gasteiger partial charge in [0, 0.05) is 5.56 Å². The normalized spacial score (nSPS) is 10.8. The number of guanidine groups is 1. The lowest BCUT2D eigenvalue weighted by molar-refractivity contribution is 0.224. The van der Waals surface area contributed by atoms with Crippen LogP contribution < -0.4 is 20.9 Å². The van der Waals surface area contributed by atoms with Crippen LogP contribution in [0.5, 0.6) is 11.5 Å². The topological polar surface area (TPSA) is 95.2 Å². The number of nitrogens with two attached hydrogens (primary N) is 2. The molecule has 1 rings (SSSR count). The van der Waals surface area contributed by atoms with Crippen molar-refractivity contribution >= 4 is 23.8 Å². The van der Waals surface area contributed by atoms with Crippen LogP contribution in [0.1, 0.15) is 26.3 Å². The fraction of sp³-hybridized carbons (Fsp3) is 0.385. The minimum absolute atomic E-state index is 0.00661. The number of ether oxygens (including phenoxy) is 2. The first-order valence-electron chi connectivity index (χ1n) is 6.19. The Balaban J connectivity index is 3.12. The van der Waals surface area contributed by atoms with E-state index in [2.05, 4.69) is 10.2 Å². The van der Waals surface area contributed by atoms with Crippen LogP contribution in [-0.4, -0.2) is 24.9 Å². The van der Waals surface area contributed by atoms with Crippen molar-refractivity contribution in [3.8, 4) is 11.5 Å². The van der Waals surface area contributed by atoms with Gasteiger partial charge in [-0.2, -0.15) is 5.10 Å². The molecule has 7 heteroatoms. The average Bonchev–Trinajstić information content (AvgIpc) is 2.33. The second-order valence-electron chi connectivity index (χ2n) is 4.20. The van der Waals surface area contributed by atoms with E-state index in [1.54, 1.807) is 12.1 Å². The van der Waals surface area contributed by atoms with E-state index in [0.717, 1.165) is 0 Å². The minimum Gasteiger partial charge on any atom is -0.490 e. The molecule has 1 aromatic carbocycles. The monoisotopic (exact) mass is 298 g/mol. The molecule has 0 unspecified atom stereocenters. The summed E-state index contributed by atoms with van der Waals surface area (Å²) in [4.78, 5) is 0. The van der Waals surface area contributed by atoms with Gasteiger partial charge in [-0.3, -0.25) is 0 Å². The Morgan fingerprint density at radius 3 is 2.65 bits per heavy atom. The van der Waals surface area contributed by atoms with E-state index in [4.69, 9.17) is 32.5 Å². The molecule has 0 aliphatic rings. The number of hydrogen-bond acceptors (Lipinski definition) is 4. The van der Waals surface area contributed by atoms with Crippen molar-refractivity contribution in [1.29, 1.82) is 0 Å². The third-order valence-corrected chi connectivity index (χ3v) is 2.35. The van der Waals surface area contributed by atoms with E-state index >= 15 is 0 Å². The molecule has 4 N–H and O–H groups in total. The highest BCUT2D eigenvalue weighted by atomic mass is 35.5. The SMILES string of the molecule is CCOc1cc(/C=N\N=C(N)N)cc(Cl)c1OC(C)C. The first kappa shape index (κ1) is 16.1. The maximum atomic E-state index is 6.20. The molecule has 0 amide bonds. The number of benzene rings is 1. The van der Waals surface area contributed by atoms with Crippen LogP contribution in [-0.2, 0) is 0 Å². The number of halogens is 1. The molecule has 0 bridgehead atoms. The number of rotatable bonds is 6. The van der Waals surface area contributed by atoms with Gasteiger partial charge in [0.05, 0.1) is 23.9 Å². The Morgan fingerprint density at radius 2 is 2.10 bits per heavy atom. The summed E-state index contributed by atoms with van der Waals surface area (Å²) in [6.45, 7) is 6.22. The summed E-state index contributed by atoms with van der Waals surface area (Å²) in [5.41, 5.74) is 11.1. The zero-order valence-corrected chi connectivity index (χ0v) is 12.5. The van der Waals surface area contributed by atoms with Gasteiger partial charge in [0.25, 0.3) is 0 Å². The molecule has 0 fully saturated rings. The van der Waals surface area contributed by atoms with Crippen molar-refractivity contribution in [3.63, 3.8) is 0 Å². The van der Waals surface area contributed by atoms with Gasteiger partial charge < -0.3 is 20.9 Å². The Bertz CT molecular complexity index is 511. The van der Waals surface area contributed by atoms with Crippen LogP contribution in [0.4, 0.5) is 0 Å². The average molecular weight is 299 g/mol. The van der Waals surface area contributed by atoms with E-state index in [1.807, 2.05) is 20.8 Å². The van der Waals surface area contributed by atoms with Crippen molar-refractivity contribution < 1.29 is 9.47 Å². The second-order valence-corrected chi connectivity index (χ2v) is 4.61. The van der Waals surface area contributed by atoms with Crippen molar-refractivity contribution in [2.24, 2.45) is 21.7 Å². The molecular formula is C13H19ClN4O2. The summed E-state index contributed by atoms with van der Waals surface area (Å²) in [5.74, 6) is 0.958. The molecule has 110 valence electrons. The van der Waals surface area contributed by atoms with Crippen LogP contribution in [0, 0.1) is 0 Å². The molecule has 0 saturated heterocycles. The molecule has 1 aromatic rings. The maximum Gasteiger partial charge on any atom is 0.211 e. The molecule has 0 aliphatic heterocycles. The molecular weight excluding hydrogens is 280 g/mol. The first-order chi connectivity index (χ1) is 9.43. The number of hydrogen-bond donors (Lipinski definition) is 2. The molecule has 20 heavy (non-hydrogen) atoms. The van der Waals surface area contributed by atoms with Crippen molar-refractivity contribution in [1.82, 2.24) is 0 Å². The van der Waals surface area contributed by atoms with Crippen LogP contribution in [0.25, 0.3) is 0 Å². The van der Waals surface area contributed by atoms with Gasteiger partial charge in [-0.05, 0) is 32.9 Å². The quantitative estimate of drug-likeness (QED) is 0.478. The lowest BCUT2D eigenvalue weighted by Gasteiger charge is -2.16. The Kier molecular flexibility index (Phi) is 6.11. The minimum atomic E-state index is -0.114. The second kappa shape index (κ2) is 7.59. The van der Waals surface area contributed by atoms with Gasteiger partial charge in [-0.1, -0.05) is 11.6 Å². The van der Waals surface area contributed by atoms with Crippen molar-refractivity contribution in [3.05, 3.63) is 22.7 Å². The third-order valence-electron chi connectivity index (χ3n) is 2.07. The molecule has 0 heterocycles.